The van der Waals surface area contributed by atoms with Gasteiger partial charge >= 0.3 is 0 Å². The van der Waals surface area contributed by atoms with E-state index >= 15 is 0 Å². The van der Waals surface area contributed by atoms with Gasteiger partial charge in [0.25, 0.3) is 5.91 Å². The number of benzene rings is 1. The highest BCUT2D eigenvalue weighted by molar-refractivity contribution is 5.95. The van der Waals surface area contributed by atoms with Gasteiger partial charge in [-0.15, -0.1) is 0 Å². The molecule has 0 heterocycles. The third kappa shape index (κ3) is 4.09. The van der Waals surface area contributed by atoms with Gasteiger partial charge in [0.2, 0.25) is 5.91 Å². The normalized spacial score (nSPS) is 24.4. The Labute approximate surface area is 156 Å². The Morgan fingerprint density at radius 3 is 2.35 bits per heavy atom. The highest BCUT2D eigenvalue weighted by Crippen LogP contribution is 2.29. The van der Waals surface area contributed by atoms with Gasteiger partial charge in [0.1, 0.15) is 0 Å². The zero-order valence-electron chi connectivity index (χ0n) is 15.9. The lowest BCUT2D eigenvalue weighted by Crippen LogP contribution is -2.52. The van der Waals surface area contributed by atoms with Crippen molar-refractivity contribution in [2.24, 2.45) is 11.7 Å². The number of likely N-dealkylation sites (N-methyl/N-ethyl adjacent to an activating group) is 1. The second-order valence-electron chi connectivity index (χ2n) is 7.96. The van der Waals surface area contributed by atoms with Crippen LogP contribution in [0.4, 0.5) is 0 Å². The van der Waals surface area contributed by atoms with Crippen LogP contribution >= 0.6 is 0 Å². The van der Waals surface area contributed by atoms with Crippen LogP contribution in [0.3, 0.4) is 0 Å². The number of carbonyl (C=O) groups is 2. The molecule has 0 saturated heterocycles. The molecule has 0 aromatic heterocycles. The fourth-order valence-corrected chi connectivity index (χ4v) is 4.10. The van der Waals surface area contributed by atoms with E-state index in [0.717, 1.165) is 49.7 Å². The quantitative estimate of drug-likeness (QED) is 0.850. The van der Waals surface area contributed by atoms with Crippen molar-refractivity contribution in [3.63, 3.8) is 0 Å². The molecule has 0 bridgehead atoms. The lowest BCUT2D eigenvalue weighted by atomic mass is 9.80. The topological polar surface area (TPSA) is 75.4 Å². The zero-order valence-corrected chi connectivity index (χ0v) is 15.9. The maximum atomic E-state index is 12.6. The second kappa shape index (κ2) is 8.21. The van der Waals surface area contributed by atoms with Crippen LogP contribution in [0.1, 0.15) is 60.9 Å². The molecule has 142 valence electrons. The fourth-order valence-electron chi connectivity index (χ4n) is 4.10. The fraction of sp³-hybridized carbons (Fsp3) is 0.619. The van der Waals surface area contributed by atoms with E-state index in [1.807, 2.05) is 43.1 Å². The van der Waals surface area contributed by atoms with Crippen molar-refractivity contribution >= 4 is 11.8 Å². The van der Waals surface area contributed by atoms with E-state index in [2.05, 4.69) is 5.32 Å². The van der Waals surface area contributed by atoms with E-state index in [1.54, 1.807) is 0 Å². The average Bonchev–Trinajstić information content (AvgIpc) is 2.60. The highest BCUT2D eigenvalue weighted by atomic mass is 16.2. The number of aryl methyl sites for hydroxylation is 1. The summed E-state index contributed by atoms with van der Waals surface area (Å²) in [6.45, 7) is 1.95. The number of amides is 2. The van der Waals surface area contributed by atoms with Gasteiger partial charge in [-0.3, -0.25) is 9.59 Å². The summed E-state index contributed by atoms with van der Waals surface area (Å²) in [6.07, 6.45) is 6.98. The highest BCUT2D eigenvalue weighted by Gasteiger charge is 2.34. The number of nitrogens with two attached hydrogens (primary N) is 1. The van der Waals surface area contributed by atoms with E-state index in [0.29, 0.717) is 6.04 Å². The van der Waals surface area contributed by atoms with Gasteiger partial charge in [-0.2, -0.15) is 0 Å². The van der Waals surface area contributed by atoms with Gasteiger partial charge in [0.15, 0.2) is 0 Å². The first-order valence-electron chi connectivity index (χ1n) is 9.86. The number of hydrogen-bond donors (Lipinski definition) is 2. The van der Waals surface area contributed by atoms with Crippen molar-refractivity contribution in [2.75, 3.05) is 7.05 Å². The molecule has 5 nitrogen and oxygen atoms in total. The third-order valence-electron chi connectivity index (χ3n) is 6.26. The molecule has 2 fully saturated rings. The van der Waals surface area contributed by atoms with Crippen LogP contribution < -0.4 is 11.1 Å². The molecule has 1 atom stereocenters. The molecule has 0 spiro atoms. The van der Waals surface area contributed by atoms with Gasteiger partial charge < -0.3 is 16.0 Å². The van der Waals surface area contributed by atoms with E-state index in [-0.39, 0.29) is 23.8 Å². The van der Waals surface area contributed by atoms with Crippen LogP contribution in [-0.4, -0.2) is 41.9 Å². The molecule has 1 aromatic rings. The van der Waals surface area contributed by atoms with Crippen LogP contribution in [0.25, 0.3) is 0 Å². The number of nitrogens with one attached hydrogen (secondary N) is 1. The van der Waals surface area contributed by atoms with E-state index in [9.17, 15) is 9.59 Å². The summed E-state index contributed by atoms with van der Waals surface area (Å²) >= 11 is 0. The molecule has 2 saturated carbocycles. The molecule has 3 N–H and O–H groups in total. The Kier molecular flexibility index (Phi) is 5.97. The van der Waals surface area contributed by atoms with Crippen molar-refractivity contribution in [1.82, 2.24) is 10.2 Å². The maximum Gasteiger partial charge on any atom is 0.251 e. The molecule has 0 radical (unpaired) electrons. The van der Waals surface area contributed by atoms with E-state index in [1.165, 1.54) is 6.42 Å². The summed E-state index contributed by atoms with van der Waals surface area (Å²) in [6, 6.07) is 7.80. The molecule has 5 heteroatoms. The number of carbonyl (C=O) groups excluding carboxylic acids is 2. The third-order valence-corrected chi connectivity index (χ3v) is 6.26. The molecule has 26 heavy (non-hydrogen) atoms. The first-order chi connectivity index (χ1) is 12.5. The molecule has 1 aromatic carbocycles. The summed E-state index contributed by atoms with van der Waals surface area (Å²) in [4.78, 5) is 26.9. The van der Waals surface area contributed by atoms with Crippen LogP contribution in [0.5, 0.6) is 0 Å². The summed E-state index contributed by atoms with van der Waals surface area (Å²) in [7, 11) is 1.89. The van der Waals surface area contributed by atoms with Crippen LogP contribution in [0.15, 0.2) is 24.3 Å². The monoisotopic (exact) mass is 357 g/mol. The molecule has 2 amide bonds. The molecule has 3 rings (SSSR count). The van der Waals surface area contributed by atoms with E-state index < -0.39 is 6.04 Å². The second-order valence-corrected chi connectivity index (χ2v) is 7.96. The van der Waals surface area contributed by atoms with Crippen molar-refractivity contribution in [2.45, 2.75) is 70.0 Å². The number of nitrogens with zero attached hydrogens (tertiary/aromatic N) is 1. The van der Waals surface area contributed by atoms with E-state index in [4.69, 9.17) is 5.73 Å². The van der Waals surface area contributed by atoms with Gasteiger partial charge in [-0.05, 0) is 69.4 Å². The minimum absolute atomic E-state index is 0.00311. The molecule has 2 aliphatic carbocycles. The molecule has 0 unspecified atom stereocenters. The maximum absolute atomic E-state index is 12.6. The summed E-state index contributed by atoms with van der Waals surface area (Å²) in [5.41, 5.74) is 8.02. The number of rotatable bonds is 5. The molecule has 0 aliphatic heterocycles. The van der Waals surface area contributed by atoms with Crippen molar-refractivity contribution in [1.29, 1.82) is 0 Å². The van der Waals surface area contributed by atoms with Gasteiger partial charge in [-0.25, -0.2) is 0 Å². The van der Waals surface area contributed by atoms with Crippen LogP contribution in [0, 0.1) is 12.8 Å². The summed E-state index contributed by atoms with van der Waals surface area (Å²) < 4.78 is 0. The Hall–Kier alpha value is -1.88. The van der Waals surface area contributed by atoms with Crippen molar-refractivity contribution in [3.05, 3.63) is 35.4 Å². The first kappa shape index (κ1) is 18.9. The SMILES string of the molecule is Cc1ccccc1C(=O)NC1CCC([C@H](N)C(=O)N(C)C2CCC2)CC1. The Morgan fingerprint density at radius 1 is 1.12 bits per heavy atom. The lowest BCUT2D eigenvalue weighted by molar-refractivity contribution is -0.136. The van der Waals surface area contributed by atoms with Crippen molar-refractivity contribution in [3.8, 4) is 0 Å². The molecular weight excluding hydrogens is 326 g/mol. The Bertz CT molecular complexity index is 648. The minimum atomic E-state index is -0.409. The van der Waals surface area contributed by atoms with Crippen molar-refractivity contribution < 1.29 is 9.59 Å². The standard InChI is InChI=1S/C21H31N3O2/c1-14-6-3-4-9-18(14)20(25)23-16-12-10-15(11-13-16)19(22)21(26)24(2)17-7-5-8-17/h3-4,6,9,15-17,19H,5,7-8,10-13,22H2,1-2H3,(H,23,25)/t15?,16?,19-/m0/s1. The average molecular weight is 357 g/mol. The first-order valence-corrected chi connectivity index (χ1v) is 9.86. The smallest absolute Gasteiger partial charge is 0.251 e. The minimum Gasteiger partial charge on any atom is -0.349 e. The van der Waals surface area contributed by atoms with Gasteiger partial charge in [-0.1, -0.05) is 18.2 Å². The summed E-state index contributed by atoms with van der Waals surface area (Å²) in [5.74, 6) is 0.301. The Balaban J connectivity index is 1.48. The number of hydrogen-bond acceptors (Lipinski definition) is 3. The van der Waals surface area contributed by atoms with Crippen LogP contribution in [0.2, 0.25) is 0 Å². The summed E-state index contributed by atoms with van der Waals surface area (Å²) in [5, 5.41) is 3.15. The predicted octanol–water partition coefficient (Wildman–Crippen LogP) is 2.62. The van der Waals surface area contributed by atoms with Gasteiger partial charge in [0, 0.05) is 24.7 Å². The largest absolute Gasteiger partial charge is 0.349 e. The van der Waals surface area contributed by atoms with Crippen LogP contribution in [-0.2, 0) is 4.79 Å². The predicted molar refractivity (Wildman–Crippen MR) is 103 cm³/mol. The lowest BCUT2D eigenvalue weighted by Gasteiger charge is -2.39. The zero-order chi connectivity index (χ0) is 18.7. The molecule has 2 aliphatic rings. The van der Waals surface area contributed by atoms with Gasteiger partial charge in [0.05, 0.1) is 6.04 Å². The Morgan fingerprint density at radius 2 is 1.77 bits per heavy atom. The molecular formula is C21H31N3O2.